The van der Waals surface area contributed by atoms with Crippen LogP contribution in [0.3, 0.4) is 0 Å². The van der Waals surface area contributed by atoms with Crippen molar-refractivity contribution in [2.45, 2.75) is 125 Å². The molecular formula is C42H63N3O3. The smallest absolute Gasteiger partial charge is 0.339 e. The topological polar surface area (TPSA) is 84.2 Å². The third kappa shape index (κ3) is 5.77. The van der Waals surface area contributed by atoms with Gasteiger partial charge in [0.05, 0.1) is 18.2 Å². The third-order valence-electron chi connectivity index (χ3n) is 15.8. The molecule has 48 heavy (non-hydrogen) atoms. The van der Waals surface area contributed by atoms with Crippen molar-refractivity contribution < 1.29 is 14.3 Å². The van der Waals surface area contributed by atoms with E-state index in [-0.39, 0.29) is 28.3 Å². The number of rotatable bonds is 11. The molecular weight excluding hydrogens is 594 g/mol. The van der Waals surface area contributed by atoms with E-state index in [0.29, 0.717) is 52.4 Å². The first kappa shape index (κ1) is 35.6. The van der Waals surface area contributed by atoms with E-state index < -0.39 is 0 Å². The van der Waals surface area contributed by atoms with Crippen molar-refractivity contribution in [1.82, 2.24) is 10.3 Å². The maximum Gasteiger partial charge on any atom is 0.339 e. The molecule has 0 radical (unpaired) electrons. The summed E-state index contributed by atoms with van der Waals surface area (Å²) in [7, 11) is 0. The number of pyridine rings is 1. The molecule has 0 spiro atoms. The number of carbonyl (C=O) groups is 1. The van der Waals surface area contributed by atoms with Gasteiger partial charge < -0.3 is 14.8 Å². The van der Waals surface area contributed by atoms with Crippen LogP contribution in [0.1, 0.15) is 129 Å². The summed E-state index contributed by atoms with van der Waals surface area (Å²) in [6, 6.07) is 5.83. The van der Waals surface area contributed by atoms with Gasteiger partial charge in [-0.05, 0) is 147 Å². The Labute approximate surface area is 291 Å². The molecule has 1 N–H and O–H groups in total. The van der Waals surface area contributed by atoms with Crippen molar-refractivity contribution in [3.05, 3.63) is 42.2 Å². The highest BCUT2D eigenvalue weighted by Gasteiger charge is 2.71. The van der Waals surface area contributed by atoms with Gasteiger partial charge in [0.2, 0.25) is 0 Å². The molecule has 10 atom stereocenters. The first-order valence-corrected chi connectivity index (χ1v) is 19.3. The van der Waals surface area contributed by atoms with Gasteiger partial charge in [-0.3, -0.25) is 4.98 Å². The maximum absolute atomic E-state index is 13.2. The van der Waals surface area contributed by atoms with Crippen molar-refractivity contribution >= 4 is 5.97 Å². The number of nitriles is 1. The van der Waals surface area contributed by atoms with Crippen LogP contribution in [0.2, 0.25) is 0 Å². The number of nitrogens with one attached hydrogen (secondary N) is 1. The molecule has 0 amide bonds. The predicted octanol–water partition coefficient (Wildman–Crippen LogP) is 9.17. The highest BCUT2D eigenvalue weighted by Crippen LogP contribution is 2.77. The SMILES string of the molecule is C=C(C)[C@@H]1CC[C@]2(COCCCNCCC#N)CC[C@]3(C)[C@H](CC[C@@H]4[C@@]5(C)CC[C@H](OC(=O)c6cccnc6)C(C)(C)[C@@H]5CC[C@]43C)[C@@H]12. The highest BCUT2D eigenvalue weighted by molar-refractivity contribution is 5.89. The molecule has 0 aromatic carbocycles. The Kier molecular flexibility index (Phi) is 9.99. The summed E-state index contributed by atoms with van der Waals surface area (Å²) in [4.78, 5) is 17.3. The number of ether oxygens (including phenoxy) is 2. The summed E-state index contributed by atoms with van der Waals surface area (Å²) in [6.45, 7) is 23.1. The number of hydrogen-bond donors (Lipinski definition) is 1. The quantitative estimate of drug-likeness (QED) is 0.145. The van der Waals surface area contributed by atoms with Crippen molar-refractivity contribution in [3.8, 4) is 6.07 Å². The van der Waals surface area contributed by atoms with E-state index in [1.165, 1.54) is 56.9 Å². The average Bonchev–Trinajstić information content (AvgIpc) is 3.44. The van der Waals surface area contributed by atoms with Crippen LogP contribution in [0.4, 0.5) is 0 Å². The zero-order valence-corrected chi connectivity index (χ0v) is 30.9. The van der Waals surface area contributed by atoms with Crippen LogP contribution >= 0.6 is 0 Å². The summed E-state index contributed by atoms with van der Waals surface area (Å²) < 4.78 is 12.9. The highest BCUT2D eigenvalue weighted by atomic mass is 16.5. The molecule has 0 aliphatic heterocycles. The van der Waals surface area contributed by atoms with Crippen LogP contribution in [0.5, 0.6) is 0 Å². The van der Waals surface area contributed by atoms with Crippen LogP contribution < -0.4 is 5.32 Å². The van der Waals surface area contributed by atoms with Crippen molar-refractivity contribution in [1.29, 1.82) is 5.26 Å². The van der Waals surface area contributed by atoms with E-state index in [2.05, 4.69) is 64.5 Å². The molecule has 5 aliphatic rings. The van der Waals surface area contributed by atoms with Crippen LogP contribution in [-0.4, -0.2) is 43.4 Å². The summed E-state index contributed by atoms with van der Waals surface area (Å²) in [5, 5.41) is 12.2. The Morgan fingerprint density at radius 1 is 1.00 bits per heavy atom. The van der Waals surface area contributed by atoms with Gasteiger partial charge in [0.25, 0.3) is 0 Å². The largest absolute Gasteiger partial charge is 0.458 e. The van der Waals surface area contributed by atoms with E-state index in [1.807, 2.05) is 12.1 Å². The zero-order chi connectivity index (χ0) is 34.4. The van der Waals surface area contributed by atoms with E-state index >= 15 is 0 Å². The average molecular weight is 658 g/mol. The lowest BCUT2D eigenvalue weighted by molar-refractivity contribution is -0.250. The summed E-state index contributed by atoms with van der Waals surface area (Å²) in [5.74, 6) is 2.94. The number of carbonyl (C=O) groups excluding carboxylic acids is 1. The number of esters is 1. The lowest BCUT2D eigenvalue weighted by Gasteiger charge is -2.73. The summed E-state index contributed by atoms with van der Waals surface area (Å²) in [6.07, 6.45) is 17.1. The molecule has 6 rings (SSSR count). The van der Waals surface area contributed by atoms with Gasteiger partial charge in [0.15, 0.2) is 0 Å². The fourth-order valence-corrected chi connectivity index (χ4v) is 13.2. The van der Waals surface area contributed by atoms with Crippen LogP contribution in [-0.2, 0) is 9.47 Å². The Morgan fingerprint density at radius 2 is 1.81 bits per heavy atom. The molecule has 0 saturated heterocycles. The second kappa shape index (κ2) is 13.5. The molecule has 5 fully saturated rings. The maximum atomic E-state index is 13.2. The fourth-order valence-electron chi connectivity index (χ4n) is 13.2. The number of aromatic nitrogens is 1. The molecule has 6 nitrogen and oxygen atoms in total. The first-order valence-electron chi connectivity index (χ1n) is 19.3. The van der Waals surface area contributed by atoms with Crippen LogP contribution in [0.25, 0.3) is 0 Å². The summed E-state index contributed by atoms with van der Waals surface area (Å²) in [5.41, 5.74) is 2.96. The minimum absolute atomic E-state index is 0.0713. The van der Waals surface area contributed by atoms with Crippen molar-refractivity contribution in [2.24, 2.45) is 56.7 Å². The molecule has 0 unspecified atom stereocenters. The fraction of sp³-hybridized carbons (Fsp3) is 0.786. The van der Waals surface area contributed by atoms with Crippen LogP contribution in [0.15, 0.2) is 36.7 Å². The predicted molar refractivity (Wildman–Crippen MR) is 191 cm³/mol. The Hall–Kier alpha value is -2.23. The molecule has 5 saturated carbocycles. The van der Waals surface area contributed by atoms with Gasteiger partial charge in [-0.15, -0.1) is 0 Å². The number of hydrogen-bond acceptors (Lipinski definition) is 6. The lowest BCUT2D eigenvalue weighted by atomic mass is 9.32. The van der Waals surface area contributed by atoms with E-state index in [9.17, 15) is 4.79 Å². The monoisotopic (exact) mass is 657 g/mol. The standard InChI is InChI=1S/C42H63N3O3/c1-29(2)31-14-19-42(28-47-26-10-25-44-24-9-22-43)21-20-40(6)32(36(31)42)12-13-34-39(5)17-16-35(48-37(46)30-11-8-23-45-27-30)38(3,4)33(39)15-18-41(34,40)7/h8,11,23,27,31-36,44H,1,9-10,12-21,24-26,28H2,2-7H3/t31-,32+,33-,34+,35-,36+,39-,40+,41+,42+/m0/s1. The van der Waals surface area contributed by atoms with Gasteiger partial charge in [-0.2, -0.15) is 5.26 Å². The van der Waals surface area contributed by atoms with Gasteiger partial charge in [0.1, 0.15) is 6.10 Å². The number of allylic oxidation sites excluding steroid dienone is 1. The Bertz CT molecular complexity index is 1370. The van der Waals surface area contributed by atoms with Gasteiger partial charge in [-0.1, -0.05) is 46.8 Å². The van der Waals surface area contributed by atoms with Gasteiger partial charge in [0, 0.05) is 37.4 Å². The second-order valence-corrected chi connectivity index (χ2v) is 18.1. The molecule has 264 valence electrons. The first-order chi connectivity index (χ1) is 22.8. The van der Waals surface area contributed by atoms with Crippen molar-refractivity contribution in [3.63, 3.8) is 0 Å². The van der Waals surface area contributed by atoms with Crippen LogP contribution in [0, 0.1) is 68.0 Å². The molecule has 1 heterocycles. The zero-order valence-electron chi connectivity index (χ0n) is 30.9. The molecule has 1 aromatic heterocycles. The molecule has 1 aromatic rings. The van der Waals surface area contributed by atoms with E-state index in [0.717, 1.165) is 45.6 Å². The lowest BCUT2D eigenvalue weighted by Crippen LogP contribution is -2.67. The Balaban J connectivity index is 1.19. The number of nitrogens with zero attached hydrogens (tertiary/aromatic N) is 2. The number of fused-ring (bicyclic) bond motifs is 7. The molecule has 6 heteroatoms. The summed E-state index contributed by atoms with van der Waals surface area (Å²) >= 11 is 0. The van der Waals surface area contributed by atoms with Gasteiger partial charge in [-0.25, -0.2) is 4.79 Å². The third-order valence-corrected chi connectivity index (χ3v) is 15.8. The van der Waals surface area contributed by atoms with Crippen molar-refractivity contribution in [2.75, 3.05) is 26.3 Å². The van der Waals surface area contributed by atoms with E-state index in [4.69, 9.17) is 14.7 Å². The minimum atomic E-state index is -0.232. The minimum Gasteiger partial charge on any atom is -0.458 e. The molecule has 0 bridgehead atoms. The van der Waals surface area contributed by atoms with E-state index in [1.54, 1.807) is 12.4 Å². The van der Waals surface area contributed by atoms with Gasteiger partial charge >= 0.3 is 5.97 Å². The second-order valence-electron chi connectivity index (χ2n) is 18.1. The molecule has 5 aliphatic carbocycles. The Morgan fingerprint density at radius 3 is 2.54 bits per heavy atom. The normalized spacial score (nSPS) is 41.2.